The molecule has 0 N–H and O–H groups in total. The molecule has 0 spiro atoms. The van der Waals surface area contributed by atoms with Crippen LogP contribution in [-0.2, 0) is 20.7 Å². The van der Waals surface area contributed by atoms with Crippen molar-refractivity contribution in [2.75, 3.05) is 31.3 Å². The Bertz CT molecular complexity index is 509. The quantitative estimate of drug-likeness (QED) is 0.854. The van der Waals surface area contributed by atoms with Crippen LogP contribution in [0.5, 0.6) is 0 Å². The number of amides is 1. The predicted molar refractivity (Wildman–Crippen MR) is 81.6 cm³/mol. The van der Waals surface area contributed by atoms with E-state index in [2.05, 4.69) is 25.1 Å². The lowest BCUT2D eigenvalue weighted by Gasteiger charge is -2.30. The van der Waals surface area contributed by atoms with Crippen molar-refractivity contribution in [2.45, 2.75) is 38.7 Å². The van der Waals surface area contributed by atoms with Gasteiger partial charge in [-0.25, -0.2) is 0 Å². The van der Waals surface area contributed by atoms with Crippen LogP contribution in [0.15, 0.2) is 18.2 Å². The van der Waals surface area contributed by atoms with Gasteiger partial charge in [-0.3, -0.25) is 4.79 Å². The summed E-state index contributed by atoms with van der Waals surface area (Å²) in [6, 6.07) is 6.35. The third-order valence-electron chi connectivity index (χ3n) is 4.21. The number of hydrogen-bond donors (Lipinski definition) is 0. The van der Waals surface area contributed by atoms with Gasteiger partial charge in [-0.1, -0.05) is 12.1 Å². The maximum Gasteiger partial charge on any atom is 0.252 e. The fourth-order valence-electron chi connectivity index (χ4n) is 3.08. The van der Waals surface area contributed by atoms with Gasteiger partial charge in [0.2, 0.25) is 0 Å². The van der Waals surface area contributed by atoms with Crippen LogP contribution in [0.3, 0.4) is 0 Å². The molecule has 0 bridgehead atoms. The highest BCUT2D eigenvalue weighted by Gasteiger charge is 2.23. The van der Waals surface area contributed by atoms with Gasteiger partial charge in [0.1, 0.15) is 6.61 Å². The highest BCUT2D eigenvalue weighted by Crippen LogP contribution is 2.28. The number of rotatable bonds is 4. The van der Waals surface area contributed by atoms with Gasteiger partial charge in [-0.2, -0.15) is 0 Å². The van der Waals surface area contributed by atoms with Crippen LogP contribution in [0.25, 0.3) is 0 Å². The standard InChI is InChI=1S/C17H23NO3/c1-13-6-7-14-4-2-8-18(16(14)10-13)17(19)12-20-11-15-5-3-9-21-15/h6-7,10,15H,2-5,8-9,11-12H2,1H3. The van der Waals surface area contributed by atoms with Crippen molar-refractivity contribution in [3.05, 3.63) is 29.3 Å². The molecule has 21 heavy (non-hydrogen) atoms. The van der Waals surface area contributed by atoms with E-state index in [9.17, 15) is 4.79 Å². The molecule has 2 aliphatic rings. The van der Waals surface area contributed by atoms with E-state index in [1.807, 2.05) is 4.90 Å². The number of aryl methyl sites for hydroxylation is 2. The van der Waals surface area contributed by atoms with Crippen molar-refractivity contribution in [1.82, 2.24) is 0 Å². The topological polar surface area (TPSA) is 38.8 Å². The van der Waals surface area contributed by atoms with Gasteiger partial charge in [0.05, 0.1) is 12.7 Å². The third kappa shape index (κ3) is 3.44. The van der Waals surface area contributed by atoms with E-state index in [-0.39, 0.29) is 18.6 Å². The molecular weight excluding hydrogens is 266 g/mol. The summed E-state index contributed by atoms with van der Waals surface area (Å²) in [5.74, 6) is 0.0551. The van der Waals surface area contributed by atoms with Gasteiger partial charge >= 0.3 is 0 Å². The SMILES string of the molecule is Cc1ccc2c(c1)N(C(=O)COCC1CCCO1)CCC2. The Morgan fingerprint density at radius 3 is 3.14 bits per heavy atom. The molecule has 4 nitrogen and oxygen atoms in total. The lowest BCUT2D eigenvalue weighted by Crippen LogP contribution is -2.38. The monoisotopic (exact) mass is 289 g/mol. The molecule has 1 fully saturated rings. The van der Waals surface area contributed by atoms with E-state index in [1.54, 1.807) is 0 Å². The summed E-state index contributed by atoms with van der Waals surface area (Å²) in [6.45, 7) is 4.35. The fraction of sp³-hybridized carbons (Fsp3) is 0.588. The highest BCUT2D eigenvalue weighted by molar-refractivity contribution is 5.95. The maximum atomic E-state index is 12.4. The predicted octanol–water partition coefficient (Wildman–Crippen LogP) is 2.47. The second-order valence-electron chi connectivity index (χ2n) is 5.93. The third-order valence-corrected chi connectivity index (χ3v) is 4.21. The summed E-state index contributed by atoms with van der Waals surface area (Å²) in [7, 11) is 0. The molecule has 1 atom stereocenters. The van der Waals surface area contributed by atoms with Gasteiger partial charge in [0, 0.05) is 18.8 Å². The summed E-state index contributed by atoms with van der Waals surface area (Å²) in [5, 5.41) is 0. The minimum atomic E-state index is 0.0551. The second kappa shape index (κ2) is 6.58. The molecule has 1 unspecified atom stereocenters. The molecule has 1 saturated heterocycles. The zero-order valence-electron chi connectivity index (χ0n) is 12.6. The number of anilines is 1. The summed E-state index contributed by atoms with van der Waals surface area (Å²) in [4.78, 5) is 14.3. The molecule has 1 amide bonds. The van der Waals surface area contributed by atoms with E-state index in [0.29, 0.717) is 6.61 Å². The molecule has 0 saturated carbocycles. The molecular formula is C17H23NO3. The van der Waals surface area contributed by atoms with E-state index >= 15 is 0 Å². The first kappa shape index (κ1) is 14.5. The van der Waals surface area contributed by atoms with Crippen molar-refractivity contribution in [2.24, 2.45) is 0 Å². The van der Waals surface area contributed by atoms with Crippen LogP contribution < -0.4 is 4.90 Å². The van der Waals surface area contributed by atoms with Gasteiger partial charge in [0.15, 0.2) is 0 Å². The Morgan fingerprint density at radius 2 is 2.33 bits per heavy atom. The number of benzene rings is 1. The summed E-state index contributed by atoms with van der Waals surface area (Å²) >= 11 is 0. The van der Waals surface area contributed by atoms with Crippen LogP contribution in [0.1, 0.15) is 30.4 Å². The first-order valence-electron chi connectivity index (χ1n) is 7.83. The van der Waals surface area contributed by atoms with E-state index in [1.165, 1.54) is 11.1 Å². The first-order chi connectivity index (χ1) is 10.2. The minimum Gasteiger partial charge on any atom is -0.376 e. The summed E-state index contributed by atoms with van der Waals surface area (Å²) in [5.41, 5.74) is 3.51. The van der Waals surface area contributed by atoms with Crippen LogP contribution in [-0.4, -0.2) is 38.4 Å². The van der Waals surface area contributed by atoms with Gasteiger partial charge in [0.25, 0.3) is 5.91 Å². The fourth-order valence-corrected chi connectivity index (χ4v) is 3.08. The second-order valence-corrected chi connectivity index (χ2v) is 5.93. The maximum absolute atomic E-state index is 12.4. The molecule has 2 heterocycles. The lowest BCUT2D eigenvalue weighted by atomic mass is 10.00. The minimum absolute atomic E-state index is 0.0551. The molecule has 2 aliphatic heterocycles. The van der Waals surface area contributed by atoms with Gasteiger partial charge < -0.3 is 14.4 Å². The van der Waals surface area contributed by atoms with Crippen LogP contribution in [0, 0.1) is 6.92 Å². The van der Waals surface area contributed by atoms with E-state index < -0.39 is 0 Å². The van der Waals surface area contributed by atoms with Crippen molar-refractivity contribution in [3.8, 4) is 0 Å². The Kier molecular flexibility index (Phi) is 4.56. The van der Waals surface area contributed by atoms with Crippen LogP contribution >= 0.6 is 0 Å². The van der Waals surface area contributed by atoms with E-state index in [0.717, 1.165) is 44.5 Å². The Balaban J connectivity index is 1.59. The Hall–Kier alpha value is -1.39. The normalized spacial score (nSPS) is 21.4. The van der Waals surface area contributed by atoms with Crippen molar-refractivity contribution in [3.63, 3.8) is 0 Å². The highest BCUT2D eigenvalue weighted by atomic mass is 16.5. The molecule has 4 heteroatoms. The molecule has 114 valence electrons. The van der Waals surface area contributed by atoms with Crippen molar-refractivity contribution in [1.29, 1.82) is 0 Å². The zero-order chi connectivity index (χ0) is 14.7. The zero-order valence-corrected chi connectivity index (χ0v) is 12.6. The number of ether oxygens (including phenoxy) is 2. The summed E-state index contributed by atoms with van der Waals surface area (Å²) in [6.07, 6.45) is 4.39. The largest absolute Gasteiger partial charge is 0.376 e. The van der Waals surface area contributed by atoms with Gasteiger partial charge in [-0.05, 0) is 49.8 Å². The van der Waals surface area contributed by atoms with Crippen molar-refractivity contribution < 1.29 is 14.3 Å². The van der Waals surface area contributed by atoms with Crippen LogP contribution in [0.4, 0.5) is 5.69 Å². The number of nitrogens with zero attached hydrogens (tertiary/aromatic N) is 1. The van der Waals surface area contributed by atoms with E-state index in [4.69, 9.17) is 9.47 Å². The number of fused-ring (bicyclic) bond motifs is 1. The molecule has 0 aromatic heterocycles. The number of hydrogen-bond acceptors (Lipinski definition) is 3. The number of carbonyl (C=O) groups is 1. The number of carbonyl (C=O) groups excluding carboxylic acids is 1. The van der Waals surface area contributed by atoms with Gasteiger partial charge in [-0.15, -0.1) is 0 Å². The molecule has 0 aliphatic carbocycles. The molecule has 1 aromatic rings. The average molecular weight is 289 g/mol. The van der Waals surface area contributed by atoms with Crippen molar-refractivity contribution >= 4 is 11.6 Å². The Labute approximate surface area is 126 Å². The first-order valence-corrected chi connectivity index (χ1v) is 7.83. The molecule has 0 radical (unpaired) electrons. The average Bonchev–Trinajstić information content (AvgIpc) is 2.99. The molecule has 1 aromatic carbocycles. The smallest absolute Gasteiger partial charge is 0.252 e. The molecule has 3 rings (SSSR count). The Morgan fingerprint density at radius 1 is 1.43 bits per heavy atom. The summed E-state index contributed by atoms with van der Waals surface area (Å²) < 4.78 is 11.1. The lowest BCUT2D eigenvalue weighted by molar-refractivity contribution is -0.124. The van der Waals surface area contributed by atoms with Crippen LogP contribution in [0.2, 0.25) is 0 Å².